The van der Waals surface area contributed by atoms with E-state index in [9.17, 15) is 9.59 Å². The molecule has 1 aliphatic rings. The van der Waals surface area contributed by atoms with Crippen molar-refractivity contribution >= 4 is 16.9 Å². The molecule has 4 aromatic rings. The van der Waals surface area contributed by atoms with Crippen LogP contribution in [-0.2, 0) is 6.42 Å². The number of amides is 1. The Morgan fingerprint density at radius 1 is 0.941 bits per heavy atom. The molecular formula is C29H27NO4. The van der Waals surface area contributed by atoms with Gasteiger partial charge in [0.05, 0.1) is 23.6 Å². The minimum absolute atomic E-state index is 0.139. The standard InChI is InChI=1S/C29H27NO4/c1-4-33-22-12-8-11-21(17-22)26-25-27(31)23-15-18(2)19(3)16-24(23)34-28(25)29(32)30(26)14-13-20-9-6-5-7-10-20/h5-12,15-17,26H,4,13-14H2,1-3H3/t26-/m0/s1. The molecule has 34 heavy (non-hydrogen) atoms. The van der Waals surface area contributed by atoms with Gasteiger partial charge in [0.25, 0.3) is 5.91 Å². The number of fused-ring (bicyclic) bond motifs is 2. The van der Waals surface area contributed by atoms with Gasteiger partial charge in [0.1, 0.15) is 11.3 Å². The van der Waals surface area contributed by atoms with Gasteiger partial charge in [0, 0.05) is 6.54 Å². The zero-order valence-corrected chi connectivity index (χ0v) is 19.6. The Bertz CT molecular complexity index is 1440. The fourth-order valence-corrected chi connectivity index (χ4v) is 4.69. The van der Waals surface area contributed by atoms with E-state index in [1.807, 2.05) is 87.5 Å². The molecular weight excluding hydrogens is 426 g/mol. The highest BCUT2D eigenvalue weighted by molar-refractivity contribution is 5.99. The maximum Gasteiger partial charge on any atom is 0.290 e. The van der Waals surface area contributed by atoms with Crippen LogP contribution < -0.4 is 10.2 Å². The van der Waals surface area contributed by atoms with Gasteiger partial charge in [0.2, 0.25) is 5.76 Å². The number of rotatable bonds is 6. The van der Waals surface area contributed by atoms with Crippen LogP contribution in [0.1, 0.15) is 51.3 Å². The van der Waals surface area contributed by atoms with Gasteiger partial charge in [0.15, 0.2) is 5.43 Å². The molecule has 0 unspecified atom stereocenters. The number of ether oxygens (including phenoxy) is 1. The van der Waals surface area contributed by atoms with Crippen LogP contribution in [0.2, 0.25) is 0 Å². The van der Waals surface area contributed by atoms with Gasteiger partial charge in [-0.15, -0.1) is 0 Å². The van der Waals surface area contributed by atoms with Crippen LogP contribution in [0.4, 0.5) is 0 Å². The van der Waals surface area contributed by atoms with Crippen LogP contribution in [0.5, 0.6) is 5.75 Å². The molecule has 1 aliphatic heterocycles. The highest BCUT2D eigenvalue weighted by Crippen LogP contribution is 2.39. The molecule has 0 bridgehead atoms. The summed E-state index contributed by atoms with van der Waals surface area (Å²) in [4.78, 5) is 29.2. The van der Waals surface area contributed by atoms with Gasteiger partial charge < -0.3 is 14.1 Å². The summed E-state index contributed by atoms with van der Waals surface area (Å²) in [6, 6.07) is 20.8. The van der Waals surface area contributed by atoms with E-state index < -0.39 is 6.04 Å². The summed E-state index contributed by atoms with van der Waals surface area (Å²) < 4.78 is 11.8. The Kier molecular flexibility index (Phi) is 5.70. The van der Waals surface area contributed by atoms with Gasteiger partial charge in [-0.3, -0.25) is 9.59 Å². The highest BCUT2D eigenvalue weighted by atomic mass is 16.5. The van der Waals surface area contributed by atoms with Crippen molar-refractivity contribution in [3.63, 3.8) is 0 Å². The fourth-order valence-electron chi connectivity index (χ4n) is 4.69. The maximum absolute atomic E-state index is 13.8. The SMILES string of the molecule is CCOc1cccc([C@H]2c3c(oc4cc(C)c(C)cc4c3=O)C(=O)N2CCc2ccccc2)c1. The van der Waals surface area contributed by atoms with Crippen LogP contribution in [-0.4, -0.2) is 24.0 Å². The largest absolute Gasteiger partial charge is 0.494 e. The second-order valence-corrected chi connectivity index (χ2v) is 8.75. The summed E-state index contributed by atoms with van der Waals surface area (Å²) in [7, 11) is 0. The van der Waals surface area contributed by atoms with Crippen LogP contribution >= 0.6 is 0 Å². The zero-order valence-electron chi connectivity index (χ0n) is 19.6. The summed E-state index contributed by atoms with van der Waals surface area (Å²) in [5.74, 6) is 0.594. The van der Waals surface area contributed by atoms with E-state index in [-0.39, 0.29) is 17.1 Å². The Morgan fingerprint density at radius 2 is 1.71 bits per heavy atom. The van der Waals surface area contributed by atoms with E-state index in [1.165, 1.54) is 0 Å². The lowest BCUT2D eigenvalue weighted by molar-refractivity contribution is 0.0730. The number of benzene rings is 3. The Balaban J connectivity index is 1.67. The lowest BCUT2D eigenvalue weighted by atomic mass is 9.97. The van der Waals surface area contributed by atoms with Crippen molar-refractivity contribution in [3.05, 3.63) is 111 Å². The summed E-state index contributed by atoms with van der Waals surface area (Å²) in [6.45, 7) is 6.87. The van der Waals surface area contributed by atoms with Gasteiger partial charge in [-0.05, 0) is 73.7 Å². The van der Waals surface area contributed by atoms with Crippen molar-refractivity contribution in [1.29, 1.82) is 0 Å². The van der Waals surface area contributed by atoms with Crippen molar-refractivity contribution in [2.24, 2.45) is 0 Å². The van der Waals surface area contributed by atoms with E-state index >= 15 is 0 Å². The summed E-state index contributed by atoms with van der Waals surface area (Å²) >= 11 is 0. The molecule has 5 heteroatoms. The van der Waals surface area contributed by atoms with Gasteiger partial charge in [-0.2, -0.15) is 0 Å². The van der Waals surface area contributed by atoms with E-state index in [0.717, 1.165) is 22.3 Å². The molecule has 0 saturated heterocycles. The Hall–Kier alpha value is -3.86. The molecule has 5 nitrogen and oxygen atoms in total. The molecule has 3 aromatic carbocycles. The molecule has 1 atom stereocenters. The quantitative estimate of drug-likeness (QED) is 0.381. The number of nitrogens with zero attached hydrogens (tertiary/aromatic N) is 1. The molecule has 5 rings (SSSR count). The highest BCUT2D eigenvalue weighted by Gasteiger charge is 2.42. The average Bonchev–Trinajstić information content (AvgIpc) is 3.12. The topological polar surface area (TPSA) is 59.8 Å². The first kappa shape index (κ1) is 22.0. The minimum Gasteiger partial charge on any atom is -0.494 e. The number of hydrogen-bond acceptors (Lipinski definition) is 4. The lowest BCUT2D eigenvalue weighted by Crippen LogP contribution is -2.31. The molecule has 0 fully saturated rings. The summed E-state index contributed by atoms with van der Waals surface area (Å²) in [6.07, 6.45) is 0.675. The first-order chi connectivity index (χ1) is 16.5. The van der Waals surface area contributed by atoms with Crippen molar-refractivity contribution in [3.8, 4) is 5.75 Å². The molecule has 0 aliphatic carbocycles. The first-order valence-corrected chi connectivity index (χ1v) is 11.6. The smallest absolute Gasteiger partial charge is 0.290 e. The van der Waals surface area contributed by atoms with Crippen LogP contribution in [0.3, 0.4) is 0 Å². The Labute approximate surface area is 198 Å². The number of hydrogen-bond donors (Lipinski definition) is 0. The summed E-state index contributed by atoms with van der Waals surface area (Å²) in [5.41, 5.74) is 4.70. The first-order valence-electron chi connectivity index (χ1n) is 11.6. The number of aryl methyl sites for hydroxylation is 2. The lowest BCUT2D eigenvalue weighted by Gasteiger charge is -2.25. The van der Waals surface area contributed by atoms with Crippen molar-refractivity contribution < 1.29 is 13.9 Å². The molecule has 0 radical (unpaired) electrons. The molecule has 1 amide bonds. The molecule has 0 spiro atoms. The van der Waals surface area contributed by atoms with E-state index in [2.05, 4.69) is 0 Å². The molecule has 1 aromatic heterocycles. The third-order valence-electron chi connectivity index (χ3n) is 6.55. The second kappa shape index (κ2) is 8.82. The molecule has 0 saturated carbocycles. The third kappa shape index (κ3) is 3.77. The normalized spacial score (nSPS) is 15.1. The predicted octanol–water partition coefficient (Wildman–Crippen LogP) is 5.60. The Morgan fingerprint density at radius 3 is 2.47 bits per heavy atom. The number of carbonyl (C=O) groups is 1. The average molecular weight is 454 g/mol. The summed E-state index contributed by atoms with van der Waals surface area (Å²) in [5, 5.41) is 0.505. The van der Waals surface area contributed by atoms with Crippen molar-refractivity contribution in [2.45, 2.75) is 33.2 Å². The minimum atomic E-state index is -0.533. The second-order valence-electron chi connectivity index (χ2n) is 8.75. The fraction of sp³-hybridized carbons (Fsp3) is 0.241. The van der Waals surface area contributed by atoms with Gasteiger partial charge in [-0.25, -0.2) is 0 Å². The maximum atomic E-state index is 13.8. The number of carbonyl (C=O) groups excluding carboxylic acids is 1. The molecule has 172 valence electrons. The molecule has 0 N–H and O–H groups in total. The molecule has 2 heterocycles. The monoisotopic (exact) mass is 453 g/mol. The van der Waals surface area contributed by atoms with Crippen LogP contribution in [0.15, 0.2) is 75.9 Å². The van der Waals surface area contributed by atoms with Gasteiger partial charge in [-0.1, -0.05) is 42.5 Å². The van der Waals surface area contributed by atoms with Crippen LogP contribution in [0, 0.1) is 13.8 Å². The van der Waals surface area contributed by atoms with Gasteiger partial charge >= 0.3 is 0 Å². The zero-order chi connectivity index (χ0) is 23.8. The third-order valence-corrected chi connectivity index (χ3v) is 6.55. The van der Waals surface area contributed by atoms with Crippen molar-refractivity contribution in [1.82, 2.24) is 4.90 Å². The van der Waals surface area contributed by atoms with E-state index in [4.69, 9.17) is 9.15 Å². The van der Waals surface area contributed by atoms with E-state index in [1.54, 1.807) is 4.90 Å². The van der Waals surface area contributed by atoms with Crippen LogP contribution in [0.25, 0.3) is 11.0 Å². The predicted molar refractivity (Wildman–Crippen MR) is 133 cm³/mol. The van der Waals surface area contributed by atoms with E-state index in [0.29, 0.717) is 41.9 Å². The van der Waals surface area contributed by atoms with Crippen molar-refractivity contribution in [2.75, 3.05) is 13.2 Å².